The van der Waals surface area contributed by atoms with Gasteiger partial charge >= 0.3 is 0 Å². The van der Waals surface area contributed by atoms with Crippen LogP contribution in [0.4, 0.5) is 11.6 Å². The topological polar surface area (TPSA) is 49.8 Å². The van der Waals surface area contributed by atoms with Crippen LogP contribution in [0.2, 0.25) is 0 Å². The molecule has 0 aromatic carbocycles. The maximum absolute atomic E-state index is 4.68. The monoisotopic (exact) mass is 248 g/mol. The summed E-state index contributed by atoms with van der Waals surface area (Å²) in [6.45, 7) is 7.52. The van der Waals surface area contributed by atoms with Gasteiger partial charge in [0.05, 0.1) is 0 Å². The molecule has 1 aliphatic carbocycles. The predicted octanol–water partition coefficient (Wildman–Crippen LogP) is 3.16. The maximum atomic E-state index is 4.68. The minimum Gasteiger partial charge on any atom is -0.373 e. The smallest absolute Gasteiger partial charge is 0.136 e. The lowest BCUT2D eigenvalue weighted by Gasteiger charge is -2.14. The van der Waals surface area contributed by atoms with Crippen molar-refractivity contribution in [3.63, 3.8) is 0 Å². The van der Waals surface area contributed by atoms with Crippen molar-refractivity contribution in [2.24, 2.45) is 5.92 Å². The average molecular weight is 248 g/mol. The molecule has 18 heavy (non-hydrogen) atoms. The molecule has 1 aromatic heterocycles. The van der Waals surface area contributed by atoms with Crippen LogP contribution in [0, 0.1) is 12.8 Å². The summed E-state index contributed by atoms with van der Waals surface area (Å²) in [6, 6.07) is 0. The summed E-state index contributed by atoms with van der Waals surface area (Å²) in [5.74, 6) is 4.25. The molecular formula is C14H24N4. The van der Waals surface area contributed by atoms with Crippen molar-refractivity contribution in [2.75, 3.05) is 24.2 Å². The van der Waals surface area contributed by atoms with Crippen LogP contribution in [0.3, 0.4) is 0 Å². The van der Waals surface area contributed by atoms with E-state index >= 15 is 0 Å². The lowest BCUT2D eigenvalue weighted by molar-refractivity contribution is 0.606. The van der Waals surface area contributed by atoms with Crippen molar-refractivity contribution in [1.29, 1.82) is 0 Å². The molecule has 0 saturated heterocycles. The number of anilines is 2. The number of hydrogen-bond acceptors (Lipinski definition) is 4. The van der Waals surface area contributed by atoms with E-state index in [0.29, 0.717) is 11.8 Å². The molecule has 1 fully saturated rings. The second-order valence-electron chi connectivity index (χ2n) is 5.54. The molecule has 1 aliphatic rings. The second-order valence-corrected chi connectivity index (χ2v) is 5.54. The molecule has 1 heterocycles. The van der Waals surface area contributed by atoms with Crippen molar-refractivity contribution >= 4 is 11.6 Å². The summed E-state index contributed by atoms with van der Waals surface area (Å²) in [6.07, 6.45) is 3.63. The lowest BCUT2D eigenvalue weighted by atomic mass is 10.1. The van der Waals surface area contributed by atoms with Crippen LogP contribution in [-0.2, 0) is 0 Å². The summed E-state index contributed by atoms with van der Waals surface area (Å²) in [5.41, 5.74) is 1.12. The van der Waals surface area contributed by atoms with E-state index in [-0.39, 0.29) is 0 Å². The first-order chi connectivity index (χ1) is 8.61. The molecule has 0 atom stereocenters. The lowest BCUT2D eigenvalue weighted by Crippen LogP contribution is -2.11. The van der Waals surface area contributed by atoms with Crippen molar-refractivity contribution in [3.05, 3.63) is 11.4 Å². The first kappa shape index (κ1) is 13.1. The molecule has 0 aliphatic heterocycles. The van der Waals surface area contributed by atoms with E-state index in [4.69, 9.17) is 0 Å². The minimum atomic E-state index is 0.586. The van der Waals surface area contributed by atoms with Gasteiger partial charge in [-0.1, -0.05) is 13.8 Å². The van der Waals surface area contributed by atoms with Gasteiger partial charge in [0.25, 0.3) is 0 Å². The Morgan fingerprint density at radius 2 is 1.89 bits per heavy atom. The molecule has 0 amide bonds. The standard InChI is InChI=1S/C14H24N4/c1-9(2)7-8-16-13-10(3)12(15-4)17-14(18-13)11-5-6-11/h9,11H,5-8H2,1-4H3,(H2,15,16,17,18). The van der Waals surface area contributed by atoms with Gasteiger partial charge in [0, 0.05) is 25.1 Å². The fourth-order valence-corrected chi connectivity index (χ4v) is 1.95. The van der Waals surface area contributed by atoms with Crippen molar-refractivity contribution in [3.8, 4) is 0 Å². The third-order valence-electron chi connectivity index (χ3n) is 3.36. The zero-order valence-corrected chi connectivity index (χ0v) is 11.9. The quantitative estimate of drug-likeness (QED) is 0.812. The van der Waals surface area contributed by atoms with E-state index in [2.05, 4.69) is 41.4 Å². The van der Waals surface area contributed by atoms with Crippen molar-refractivity contribution in [2.45, 2.75) is 46.0 Å². The number of rotatable bonds is 6. The highest BCUT2D eigenvalue weighted by molar-refractivity contribution is 5.57. The Bertz CT molecular complexity index is 411. The third kappa shape index (κ3) is 3.12. The van der Waals surface area contributed by atoms with E-state index in [0.717, 1.165) is 36.0 Å². The van der Waals surface area contributed by atoms with Gasteiger partial charge in [-0.3, -0.25) is 0 Å². The second kappa shape index (κ2) is 5.55. The summed E-state index contributed by atoms with van der Waals surface area (Å²) in [4.78, 5) is 9.27. The van der Waals surface area contributed by atoms with Crippen LogP contribution >= 0.6 is 0 Å². The average Bonchev–Trinajstić information content (AvgIpc) is 3.15. The van der Waals surface area contributed by atoms with E-state index in [1.165, 1.54) is 12.8 Å². The Hall–Kier alpha value is -1.32. The van der Waals surface area contributed by atoms with Gasteiger partial charge < -0.3 is 10.6 Å². The Labute approximate surface area is 110 Å². The summed E-state index contributed by atoms with van der Waals surface area (Å²) in [5, 5.41) is 6.62. The SMILES string of the molecule is CNc1nc(C2CC2)nc(NCCC(C)C)c1C. The van der Waals surface area contributed by atoms with Crippen LogP contribution in [0.5, 0.6) is 0 Å². The highest BCUT2D eigenvalue weighted by atomic mass is 15.1. The normalized spacial score (nSPS) is 14.9. The summed E-state index contributed by atoms with van der Waals surface area (Å²) < 4.78 is 0. The van der Waals surface area contributed by atoms with E-state index < -0.39 is 0 Å². The van der Waals surface area contributed by atoms with Crippen LogP contribution in [0.25, 0.3) is 0 Å². The highest BCUT2D eigenvalue weighted by Crippen LogP contribution is 2.39. The first-order valence-electron chi connectivity index (χ1n) is 6.92. The minimum absolute atomic E-state index is 0.586. The zero-order chi connectivity index (χ0) is 13.1. The molecule has 4 heteroatoms. The Balaban J connectivity index is 2.13. The Kier molecular flexibility index (Phi) is 4.04. The maximum Gasteiger partial charge on any atom is 0.136 e. The van der Waals surface area contributed by atoms with Crippen molar-refractivity contribution in [1.82, 2.24) is 9.97 Å². The van der Waals surface area contributed by atoms with Crippen molar-refractivity contribution < 1.29 is 0 Å². The first-order valence-corrected chi connectivity index (χ1v) is 6.92. The molecule has 0 bridgehead atoms. The third-order valence-corrected chi connectivity index (χ3v) is 3.36. The molecule has 4 nitrogen and oxygen atoms in total. The van der Waals surface area contributed by atoms with Gasteiger partial charge in [-0.05, 0) is 32.1 Å². The molecule has 2 rings (SSSR count). The van der Waals surface area contributed by atoms with Gasteiger partial charge in [-0.15, -0.1) is 0 Å². The van der Waals surface area contributed by atoms with Crippen LogP contribution in [-0.4, -0.2) is 23.6 Å². The number of hydrogen-bond donors (Lipinski definition) is 2. The predicted molar refractivity (Wildman–Crippen MR) is 76.2 cm³/mol. The van der Waals surface area contributed by atoms with Crippen LogP contribution in [0.15, 0.2) is 0 Å². The number of nitrogens with one attached hydrogen (secondary N) is 2. The van der Waals surface area contributed by atoms with Gasteiger partial charge in [0.2, 0.25) is 0 Å². The Morgan fingerprint density at radius 3 is 2.44 bits per heavy atom. The fraction of sp³-hybridized carbons (Fsp3) is 0.714. The largest absolute Gasteiger partial charge is 0.373 e. The van der Waals surface area contributed by atoms with Gasteiger partial charge in [0.15, 0.2) is 0 Å². The number of aromatic nitrogens is 2. The molecule has 0 radical (unpaired) electrons. The summed E-state index contributed by atoms with van der Waals surface area (Å²) >= 11 is 0. The molecular weight excluding hydrogens is 224 g/mol. The summed E-state index contributed by atoms with van der Waals surface area (Å²) in [7, 11) is 1.92. The van der Waals surface area contributed by atoms with E-state index in [1.54, 1.807) is 0 Å². The molecule has 0 spiro atoms. The van der Waals surface area contributed by atoms with E-state index in [9.17, 15) is 0 Å². The van der Waals surface area contributed by atoms with Gasteiger partial charge in [-0.2, -0.15) is 0 Å². The van der Waals surface area contributed by atoms with E-state index in [1.807, 2.05) is 7.05 Å². The fourth-order valence-electron chi connectivity index (χ4n) is 1.95. The molecule has 0 unspecified atom stereocenters. The van der Waals surface area contributed by atoms with Crippen LogP contribution in [0.1, 0.15) is 50.4 Å². The Morgan fingerprint density at radius 1 is 1.22 bits per heavy atom. The molecule has 2 N–H and O–H groups in total. The number of nitrogens with zero attached hydrogens (tertiary/aromatic N) is 2. The zero-order valence-electron chi connectivity index (χ0n) is 11.9. The molecule has 1 aromatic rings. The van der Waals surface area contributed by atoms with Crippen LogP contribution < -0.4 is 10.6 Å². The molecule has 1 saturated carbocycles. The van der Waals surface area contributed by atoms with Gasteiger partial charge in [0.1, 0.15) is 17.5 Å². The molecule has 100 valence electrons. The highest BCUT2D eigenvalue weighted by Gasteiger charge is 2.28. The van der Waals surface area contributed by atoms with Gasteiger partial charge in [-0.25, -0.2) is 9.97 Å².